The third-order valence-corrected chi connectivity index (χ3v) is 16.2. The van der Waals surface area contributed by atoms with Gasteiger partial charge in [-0.1, -0.05) is 326 Å². The molecule has 0 radical (unpaired) electrons. The molecule has 6 heteroatoms. The van der Waals surface area contributed by atoms with Gasteiger partial charge in [0.15, 0.2) is 6.10 Å². The SMILES string of the molecule is CCC/C=C\C/C=C\CCCCCCCC(=O)OCC(COC(=O)CCCCCCCCCCCCCCCCCCCCCCCCC/C=C\CCCCCCCCCC)OC(=O)CCCCCCC/C=C\C/C=C\CCCCCC. The molecule has 0 saturated carbocycles. The van der Waals surface area contributed by atoms with Gasteiger partial charge in [-0.3, -0.25) is 14.4 Å². The minimum absolute atomic E-state index is 0.0812. The lowest BCUT2D eigenvalue weighted by Crippen LogP contribution is -2.30. The normalized spacial score (nSPS) is 12.4. The molecule has 6 nitrogen and oxygen atoms in total. The Morgan fingerprint density at radius 1 is 0.244 bits per heavy atom. The van der Waals surface area contributed by atoms with Gasteiger partial charge in [0.1, 0.15) is 13.2 Å². The molecule has 0 aromatic carbocycles. The number of unbranched alkanes of at least 4 members (excludes halogenated alkanes) is 46. The second kappa shape index (κ2) is 70.6. The van der Waals surface area contributed by atoms with Crippen LogP contribution in [0.3, 0.4) is 0 Å². The highest BCUT2D eigenvalue weighted by Crippen LogP contribution is 2.18. The fraction of sp³-hybridized carbons (Fsp3) is 0.829. The molecule has 0 aromatic rings. The number of carbonyl (C=O) groups is 3. The van der Waals surface area contributed by atoms with E-state index in [1.807, 2.05) is 0 Å². The molecular weight excluding hydrogens is 1010 g/mol. The molecule has 0 aliphatic heterocycles. The van der Waals surface area contributed by atoms with E-state index in [9.17, 15) is 14.4 Å². The topological polar surface area (TPSA) is 78.9 Å². The summed E-state index contributed by atoms with van der Waals surface area (Å²) in [5.41, 5.74) is 0. The molecule has 0 rings (SSSR count). The van der Waals surface area contributed by atoms with Crippen LogP contribution < -0.4 is 0 Å². The van der Waals surface area contributed by atoms with Crippen molar-refractivity contribution in [2.45, 2.75) is 393 Å². The molecule has 0 aliphatic rings. The van der Waals surface area contributed by atoms with E-state index in [-0.39, 0.29) is 31.1 Å². The number of rotatable bonds is 67. The van der Waals surface area contributed by atoms with Crippen LogP contribution in [0.4, 0.5) is 0 Å². The molecule has 1 atom stereocenters. The molecule has 0 aromatic heterocycles. The summed E-state index contributed by atoms with van der Waals surface area (Å²) in [6.45, 7) is 6.58. The lowest BCUT2D eigenvalue weighted by atomic mass is 10.0. The van der Waals surface area contributed by atoms with Crippen molar-refractivity contribution >= 4 is 17.9 Å². The first kappa shape index (κ1) is 79.1. The first-order valence-corrected chi connectivity index (χ1v) is 36.3. The van der Waals surface area contributed by atoms with Gasteiger partial charge in [0.2, 0.25) is 0 Å². The van der Waals surface area contributed by atoms with Crippen molar-refractivity contribution < 1.29 is 28.6 Å². The van der Waals surface area contributed by atoms with Crippen LogP contribution in [-0.2, 0) is 28.6 Å². The van der Waals surface area contributed by atoms with Gasteiger partial charge in [-0.05, 0) is 103 Å². The predicted molar refractivity (Wildman–Crippen MR) is 358 cm³/mol. The van der Waals surface area contributed by atoms with E-state index in [1.165, 1.54) is 238 Å². The largest absolute Gasteiger partial charge is 0.462 e. The average molecular weight is 1150 g/mol. The van der Waals surface area contributed by atoms with Crippen molar-refractivity contribution in [3.63, 3.8) is 0 Å². The highest BCUT2D eigenvalue weighted by Gasteiger charge is 2.19. The van der Waals surface area contributed by atoms with Gasteiger partial charge in [0, 0.05) is 19.3 Å². The second-order valence-electron chi connectivity index (χ2n) is 24.5. The van der Waals surface area contributed by atoms with Gasteiger partial charge in [-0.25, -0.2) is 0 Å². The van der Waals surface area contributed by atoms with Crippen LogP contribution in [0.25, 0.3) is 0 Å². The van der Waals surface area contributed by atoms with Gasteiger partial charge in [-0.2, -0.15) is 0 Å². The maximum Gasteiger partial charge on any atom is 0.306 e. The zero-order chi connectivity index (χ0) is 59.2. The van der Waals surface area contributed by atoms with Crippen LogP contribution in [0.2, 0.25) is 0 Å². The van der Waals surface area contributed by atoms with Crippen LogP contribution in [0.5, 0.6) is 0 Å². The number of hydrogen-bond donors (Lipinski definition) is 0. The van der Waals surface area contributed by atoms with Crippen molar-refractivity contribution in [3.8, 4) is 0 Å². The molecule has 0 aliphatic carbocycles. The van der Waals surface area contributed by atoms with Crippen LogP contribution in [0.1, 0.15) is 387 Å². The Kier molecular flexibility index (Phi) is 68.1. The Labute approximate surface area is 510 Å². The Morgan fingerprint density at radius 3 is 0.744 bits per heavy atom. The van der Waals surface area contributed by atoms with Crippen molar-refractivity contribution in [3.05, 3.63) is 60.8 Å². The van der Waals surface area contributed by atoms with Crippen molar-refractivity contribution in [1.82, 2.24) is 0 Å². The van der Waals surface area contributed by atoms with E-state index in [2.05, 4.69) is 81.5 Å². The van der Waals surface area contributed by atoms with Gasteiger partial charge in [0.05, 0.1) is 0 Å². The van der Waals surface area contributed by atoms with Gasteiger partial charge >= 0.3 is 17.9 Å². The molecule has 82 heavy (non-hydrogen) atoms. The summed E-state index contributed by atoms with van der Waals surface area (Å²) in [6.07, 6.45) is 91.4. The average Bonchev–Trinajstić information content (AvgIpc) is 3.47. The number of esters is 3. The highest BCUT2D eigenvalue weighted by atomic mass is 16.6. The summed E-state index contributed by atoms with van der Waals surface area (Å²) >= 11 is 0. The third-order valence-electron chi connectivity index (χ3n) is 16.2. The molecule has 478 valence electrons. The first-order chi connectivity index (χ1) is 40.5. The van der Waals surface area contributed by atoms with Crippen LogP contribution in [0, 0.1) is 0 Å². The van der Waals surface area contributed by atoms with Crippen molar-refractivity contribution in [2.75, 3.05) is 13.2 Å². The van der Waals surface area contributed by atoms with Crippen LogP contribution >= 0.6 is 0 Å². The van der Waals surface area contributed by atoms with E-state index in [0.29, 0.717) is 19.3 Å². The van der Waals surface area contributed by atoms with Gasteiger partial charge < -0.3 is 14.2 Å². The molecule has 0 fully saturated rings. The summed E-state index contributed by atoms with van der Waals surface area (Å²) in [7, 11) is 0. The number of carbonyl (C=O) groups excluding carboxylic acids is 3. The van der Waals surface area contributed by atoms with Crippen molar-refractivity contribution in [2.24, 2.45) is 0 Å². The van der Waals surface area contributed by atoms with E-state index in [4.69, 9.17) is 14.2 Å². The smallest absolute Gasteiger partial charge is 0.306 e. The number of ether oxygens (including phenoxy) is 3. The van der Waals surface area contributed by atoms with E-state index < -0.39 is 6.10 Å². The summed E-state index contributed by atoms with van der Waals surface area (Å²) in [5.74, 6) is -0.890. The molecule has 0 saturated heterocycles. The Morgan fingerprint density at radius 2 is 0.463 bits per heavy atom. The quantitative estimate of drug-likeness (QED) is 0.0261. The molecule has 1 unspecified atom stereocenters. The van der Waals surface area contributed by atoms with Crippen LogP contribution in [-0.4, -0.2) is 37.2 Å². The zero-order valence-corrected chi connectivity index (χ0v) is 55.0. The zero-order valence-electron chi connectivity index (χ0n) is 55.0. The summed E-state index contributed by atoms with van der Waals surface area (Å²) in [6, 6.07) is 0. The minimum Gasteiger partial charge on any atom is -0.462 e. The minimum atomic E-state index is -0.787. The van der Waals surface area contributed by atoms with E-state index >= 15 is 0 Å². The lowest BCUT2D eigenvalue weighted by molar-refractivity contribution is -0.167. The fourth-order valence-corrected chi connectivity index (χ4v) is 10.7. The standard InChI is InChI=1S/C76H138O6/c1-4-7-10-13-16-19-22-25-27-29-30-31-32-33-34-35-36-37-38-39-40-41-42-43-44-45-46-47-49-51-54-57-60-63-66-69-75(78)81-72-73(71-80-74(77)68-65-62-59-56-53-50-24-21-18-15-12-9-6-3)82-76(79)70-67-64-61-58-55-52-48-28-26-23-20-17-14-11-8-5-2/h12,15,20-21,23-24,28-30,48,73H,4-11,13-14,16-19,22,25-27,31-47,49-72H2,1-3H3/b15-12-,23-20-,24-21-,30-29-,48-28-. The molecular formula is C76H138O6. The first-order valence-electron chi connectivity index (χ1n) is 36.3. The monoisotopic (exact) mass is 1150 g/mol. The number of hydrogen-bond acceptors (Lipinski definition) is 6. The summed E-state index contributed by atoms with van der Waals surface area (Å²) in [5, 5.41) is 0. The van der Waals surface area contributed by atoms with Crippen molar-refractivity contribution in [1.29, 1.82) is 0 Å². The van der Waals surface area contributed by atoms with Gasteiger partial charge in [-0.15, -0.1) is 0 Å². The highest BCUT2D eigenvalue weighted by molar-refractivity contribution is 5.71. The predicted octanol–water partition coefficient (Wildman–Crippen LogP) is 25.1. The molecule has 0 bridgehead atoms. The fourth-order valence-electron chi connectivity index (χ4n) is 10.7. The van der Waals surface area contributed by atoms with Gasteiger partial charge in [0.25, 0.3) is 0 Å². The third kappa shape index (κ3) is 67.9. The molecule has 0 spiro atoms. The Hall–Kier alpha value is -2.89. The molecule has 0 amide bonds. The summed E-state index contributed by atoms with van der Waals surface area (Å²) in [4.78, 5) is 38.3. The number of allylic oxidation sites excluding steroid dienone is 10. The summed E-state index contributed by atoms with van der Waals surface area (Å²) < 4.78 is 16.9. The Bertz CT molecular complexity index is 1460. The van der Waals surface area contributed by atoms with Crippen LogP contribution in [0.15, 0.2) is 60.8 Å². The maximum atomic E-state index is 12.9. The second-order valence-corrected chi connectivity index (χ2v) is 24.5. The molecule has 0 N–H and O–H groups in total. The maximum absolute atomic E-state index is 12.9. The lowest BCUT2D eigenvalue weighted by Gasteiger charge is -2.18. The Balaban J connectivity index is 4.08. The van der Waals surface area contributed by atoms with E-state index in [1.54, 1.807) is 0 Å². The molecule has 0 heterocycles. The van der Waals surface area contributed by atoms with E-state index in [0.717, 1.165) is 109 Å².